The van der Waals surface area contributed by atoms with Crippen molar-refractivity contribution in [1.29, 1.82) is 0 Å². The molecule has 8 heavy (non-hydrogen) atoms. The van der Waals surface area contributed by atoms with Gasteiger partial charge in [0.1, 0.15) is 5.56 Å². The van der Waals surface area contributed by atoms with Crippen molar-refractivity contribution in [2.45, 2.75) is 18.4 Å². The highest BCUT2D eigenvalue weighted by Crippen LogP contribution is 2.14. The maximum atomic E-state index is 5.49. The first kappa shape index (κ1) is 11.6. The van der Waals surface area contributed by atoms with E-state index in [9.17, 15) is 0 Å². The van der Waals surface area contributed by atoms with Crippen LogP contribution >= 0.6 is 36.4 Å². The van der Waals surface area contributed by atoms with Gasteiger partial charge in [-0.1, -0.05) is 11.6 Å². The molecular formula is C4H9Cl3O. The molecule has 0 amide bonds. The van der Waals surface area contributed by atoms with Crippen molar-refractivity contribution >= 4 is 36.4 Å². The Morgan fingerprint density at radius 3 is 2.12 bits per heavy atom. The topological polar surface area (TPSA) is 9.23 Å². The second kappa shape index (κ2) is 5.96. The third-order valence-electron chi connectivity index (χ3n) is 0.874. The molecule has 0 N–H and O–H groups in total. The lowest BCUT2D eigenvalue weighted by molar-refractivity contribution is 0.168. The summed E-state index contributed by atoms with van der Waals surface area (Å²) in [6, 6.07) is 0. The summed E-state index contributed by atoms with van der Waals surface area (Å²) in [7, 11) is 0. The quantitative estimate of drug-likeness (QED) is 0.518. The number of ether oxygens (including phenoxy) is 1. The van der Waals surface area contributed by atoms with Gasteiger partial charge in [-0.15, -0.1) is 24.8 Å². The summed E-state index contributed by atoms with van der Waals surface area (Å²) in [6.07, 6.45) is 2.16. The van der Waals surface area contributed by atoms with Crippen LogP contribution in [0.1, 0.15) is 12.8 Å². The Labute approximate surface area is 66.6 Å². The van der Waals surface area contributed by atoms with E-state index in [1.165, 1.54) is 0 Å². The Hall–Kier alpha value is 0.830. The molecule has 0 aromatic carbocycles. The van der Waals surface area contributed by atoms with E-state index in [1.807, 2.05) is 0 Å². The molecule has 1 atom stereocenters. The Morgan fingerprint density at radius 2 is 2.00 bits per heavy atom. The molecule has 0 spiro atoms. The maximum absolute atomic E-state index is 5.49. The molecule has 0 aromatic heterocycles. The van der Waals surface area contributed by atoms with Gasteiger partial charge in [-0.2, -0.15) is 0 Å². The Bertz CT molecular complexity index is 44.5. The molecular weight excluding hydrogens is 170 g/mol. The molecule has 1 rings (SSSR count). The minimum atomic E-state index is 0. The second-order valence-electron chi connectivity index (χ2n) is 1.42. The van der Waals surface area contributed by atoms with E-state index in [1.54, 1.807) is 0 Å². The van der Waals surface area contributed by atoms with Crippen molar-refractivity contribution in [1.82, 2.24) is 0 Å². The molecule has 0 radical (unpaired) electrons. The fraction of sp³-hybridized carbons (Fsp3) is 1.00. The first-order chi connectivity index (χ1) is 2.89. The molecule has 4 heteroatoms. The highest BCUT2D eigenvalue weighted by atomic mass is 35.5. The van der Waals surface area contributed by atoms with Crippen molar-refractivity contribution in [2.75, 3.05) is 6.61 Å². The predicted molar refractivity (Wildman–Crippen MR) is 39.3 cm³/mol. The summed E-state index contributed by atoms with van der Waals surface area (Å²) in [6.45, 7) is 0.855. The van der Waals surface area contributed by atoms with Gasteiger partial charge in [-0.05, 0) is 12.8 Å². The fourth-order valence-corrected chi connectivity index (χ4v) is 0.782. The van der Waals surface area contributed by atoms with Crippen molar-refractivity contribution in [3.05, 3.63) is 0 Å². The van der Waals surface area contributed by atoms with E-state index in [4.69, 9.17) is 16.3 Å². The summed E-state index contributed by atoms with van der Waals surface area (Å²) >= 11 is 5.49. The minimum absolute atomic E-state index is 0. The monoisotopic (exact) mass is 178 g/mol. The fourth-order valence-electron chi connectivity index (χ4n) is 0.538. The number of rotatable bonds is 0. The average Bonchev–Trinajstić information content (AvgIpc) is 1.86. The van der Waals surface area contributed by atoms with Crippen LogP contribution in [-0.4, -0.2) is 12.2 Å². The molecule has 1 fully saturated rings. The van der Waals surface area contributed by atoms with E-state index in [2.05, 4.69) is 0 Å². The lowest BCUT2D eigenvalue weighted by Crippen LogP contribution is -1.89. The smallest absolute Gasteiger partial charge is 0.131 e. The van der Waals surface area contributed by atoms with Crippen LogP contribution < -0.4 is 0 Å². The van der Waals surface area contributed by atoms with Gasteiger partial charge in [-0.25, -0.2) is 0 Å². The second-order valence-corrected chi connectivity index (χ2v) is 1.91. The van der Waals surface area contributed by atoms with Gasteiger partial charge in [-0.3, -0.25) is 0 Å². The van der Waals surface area contributed by atoms with Crippen LogP contribution in [0.25, 0.3) is 0 Å². The van der Waals surface area contributed by atoms with E-state index in [-0.39, 0.29) is 30.4 Å². The van der Waals surface area contributed by atoms with Crippen LogP contribution in [-0.2, 0) is 4.74 Å². The van der Waals surface area contributed by atoms with Crippen LogP contribution in [0.3, 0.4) is 0 Å². The molecule has 1 aliphatic heterocycles. The Kier molecular flexibility index (Phi) is 8.64. The summed E-state index contributed by atoms with van der Waals surface area (Å²) in [5.74, 6) is 0. The molecule has 0 aliphatic carbocycles. The third kappa shape index (κ3) is 3.79. The van der Waals surface area contributed by atoms with Gasteiger partial charge in [0, 0.05) is 6.61 Å². The molecule has 0 bridgehead atoms. The lowest BCUT2D eigenvalue weighted by atomic mass is 10.4. The highest BCUT2D eigenvalue weighted by molar-refractivity contribution is 6.19. The van der Waals surface area contributed by atoms with Crippen LogP contribution in [0.2, 0.25) is 0 Å². The number of halogens is 3. The van der Waals surface area contributed by atoms with Crippen LogP contribution in [0.15, 0.2) is 0 Å². The summed E-state index contributed by atoms with van der Waals surface area (Å²) in [4.78, 5) is 0. The van der Waals surface area contributed by atoms with Crippen LogP contribution in [0.5, 0.6) is 0 Å². The minimum Gasteiger partial charge on any atom is -0.362 e. The molecule has 0 saturated carbocycles. The highest BCUT2D eigenvalue weighted by Gasteiger charge is 2.09. The van der Waals surface area contributed by atoms with Crippen molar-refractivity contribution in [3.8, 4) is 0 Å². The first-order valence-electron chi connectivity index (χ1n) is 2.15. The number of alkyl halides is 1. The van der Waals surface area contributed by atoms with Crippen LogP contribution in [0.4, 0.5) is 0 Å². The summed E-state index contributed by atoms with van der Waals surface area (Å²) in [5, 5.41) is 0. The zero-order valence-corrected chi connectivity index (χ0v) is 6.69. The van der Waals surface area contributed by atoms with Crippen molar-refractivity contribution in [3.63, 3.8) is 0 Å². The Morgan fingerprint density at radius 1 is 1.38 bits per heavy atom. The van der Waals surface area contributed by atoms with Crippen molar-refractivity contribution < 1.29 is 4.74 Å². The molecule has 1 aliphatic rings. The first-order valence-corrected chi connectivity index (χ1v) is 2.59. The zero-order valence-electron chi connectivity index (χ0n) is 4.30. The van der Waals surface area contributed by atoms with Gasteiger partial charge in [0.2, 0.25) is 0 Å². The number of hydrogen-bond donors (Lipinski definition) is 0. The van der Waals surface area contributed by atoms with Gasteiger partial charge in [0.05, 0.1) is 0 Å². The van der Waals surface area contributed by atoms with Gasteiger partial charge in [0.15, 0.2) is 0 Å². The van der Waals surface area contributed by atoms with Gasteiger partial charge < -0.3 is 4.74 Å². The van der Waals surface area contributed by atoms with Gasteiger partial charge in [0.25, 0.3) is 0 Å². The Balaban J connectivity index is 0. The molecule has 1 heterocycles. The largest absolute Gasteiger partial charge is 0.362 e. The molecule has 1 saturated heterocycles. The SMILES string of the molecule is Cl.Cl.ClC1CCCO1. The molecule has 0 aromatic rings. The predicted octanol–water partition coefficient (Wildman–Crippen LogP) is 2.21. The van der Waals surface area contributed by atoms with E-state index in [0.29, 0.717) is 0 Å². The number of hydrogen-bond acceptors (Lipinski definition) is 1. The lowest BCUT2D eigenvalue weighted by Gasteiger charge is -1.91. The third-order valence-corrected chi connectivity index (χ3v) is 1.22. The zero-order chi connectivity index (χ0) is 4.41. The van der Waals surface area contributed by atoms with Crippen molar-refractivity contribution in [2.24, 2.45) is 0 Å². The summed E-state index contributed by atoms with van der Waals surface area (Å²) in [5.41, 5.74) is 0.0185. The maximum Gasteiger partial charge on any atom is 0.131 e. The normalized spacial score (nSPS) is 25.9. The standard InChI is InChI=1S/C4H7ClO.2ClH/c5-4-2-1-3-6-4;;/h4H,1-3H2;2*1H. The molecule has 1 unspecified atom stereocenters. The molecule has 1 nitrogen and oxygen atoms in total. The average molecular weight is 179 g/mol. The van der Waals surface area contributed by atoms with Crippen LogP contribution in [0, 0.1) is 0 Å². The summed E-state index contributed by atoms with van der Waals surface area (Å²) < 4.78 is 4.92. The van der Waals surface area contributed by atoms with E-state index in [0.717, 1.165) is 19.4 Å². The van der Waals surface area contributed by atoms with E-state index < -0.39 is 0 Å². The van der Waals surface area contributed by atoms with E-state index >= 15 is 0 Å². The molecule has 52 valence electrons. The van der Waals surface area contributed by atoms with Gasteiger partial charge >= 0.3 is 0 Å².